The number of nitrogens with one attached hydrogen (secondary N) is 2. The van der Waals surface area contributed by atoms with Gasteiger partial charge in [-0.25, -0.2) is 9.78 Å². The summed E-state index contributed by atoms with van der Waals surface area (Å²) in [7, 11) is 0. The van der Waals surface area contributed by atoms with Crippen molar-refractivity contribution < 1.29 is 14.3 Å². The van der Waals surface area contributed by atoms with Gasteiger partial charge in [0.2, 0.25) is 5.91 Å². The van der Waals surface area contributed by atoms with Gasteiger partial charge in [-0.15, -0.1) is 0 Å². The molecule has 0 saturated carbocycles. The van der Waals surface area contributed by atoms with Crippen LogP contribution in [-0.4, -0.2) is 29.1 Å². The van der Waals surface area contributed by atoms with E-state index in [9.17, 15) is 9.59 Å². The second kappa shape index (κ2) is 11.1. The Kier molecular flexibility index (Phi) is 9.13. The number of hydrogen-bond donors (Lipinski definition) is 2. The van der Waals surface area contributed by atoms with Crippen LogP contribution in [0.1, 0.15) is 65.0 Å². The van der Waals surface area contributed by atoms with Crippen molar-refractivity contribution in [1.29, 1.82) is 5.26 Å². The quantitative estimate of drug-likeness (QED) is 0.653. The number of amides is 2. The Morgan fingerprint density at radius 2 is 1.85 bits per heavy atom. The molecule has 26 heavy (non-hydrogen) atoms. The van der Waals surface area contributed by atoms with Crippen molar-refractivity contribution in [3.8, 4) is 6.07 Å². The highest BCUT2D eigenvalue weighted by Crippen LogP contribution is 2.10. The summed E-state index contributed by atoms with van der Waals surface area (Å²) in [5.41, 5.74) is 0.449. The number of carbonyl (C=O) groups is 2. The SMILES string of the molecule is CC(C)(C)OC(=O)NCCCCCCCC(=O)Nc1ccc(C#N)nc1. The molecule has 2 N–H and O–H groups in total. The van der Waals surface area contributed by atoms with Crippen molar-refractivity contribution in [2.24, 2.45) is 0 Å². The highest BCUT2D eigenvalue weighted by Gasteiger charge is 2.15. The largest absolute Gasteiger partial charge is 0.444 e. The third-order valence-electron chi connectivity index (χ3n) is 3.41. The number of pyridine rings is 1. The number of nitrogens with zero attached hydrogens (tertiary/aromatic N) is 2. The molecule has 7 heteroatoms. The van der Waals surface area contributed by atoms with Crippen LogP contribution in [0.3, 0.4) is 0 Å². The summed E-state index contributed by atoms with van der Waals surface area (Å²) in [4.78, 5) is 27.2. The lowest BCUT2D eigenvalue weighted by Crippen LogP contribution is -2.32. The Hall–Kier alpha value is -2.62. The molecule has 142 valence electrons. The maximum absolute atomic E-state index is 11.8. The number of rotatable bonds is 9. The molecule has 0 aliphatic heterocycles. The van der Waals surface area contributed by atoms with Crippen LogP contribution < -0.4 is 10.6 Å². The fourth-order valence-corrected chi connectivity index (χ4v) is 2.20. The number of alkyl carbamates (subject to hydrolysis) is 1. The smallest absolute Gasteiger partial charge is 0.407 e. The van der Waals surface area contributed by atoms with E-state index in [1.165, 1.54) is 6.20 Å². The zero-order chi connectivity index (χ0) is 19.4. The van der Waals surface area contributed by atoms with E-state index in [2.05, 4.69) is 15.6 Å². The second-order valence-electron chi connectivity index (χ2n) is 7.04. The first-order valence-electron chi connectivity index (χ1n) is 8.93. The van der Waals surface area contributed by atoms with Gasteiger partial charge in [-0.05, 0) is 45.7 Å². The molecular formula is C19H28N4O3. The Balaban J connectivity index is 2.02. The minimum absolute atomic E-state index is 0.0527. The van der Waals surface area contributed by atoms with Gasteiger partial charge in [-0.2, -0.15) is 5.26 Å². The minimum Gasteiger partial charge on any atom is -0.444 e. The average Bonchev–Trinajstić information content (AvgIpc) is 2.56. The molecule has 0 atom stereocenters. The first-order valence-corrected chi connectivity index (χ1v) is 8.93. The highest BCUT2D eigenvalue weighted by atomic mass is 16.6. The lowest BCUT2D eigenvalue weighted by atomic mass is 10.1. The van der Waals surface area contributed by atoms with Gasteiger partial charge < -0.3 is 15.4 Å². The van der Waals surface area contributed by atoms with Gasteiger partial charge in [0.15, 0.2) is 0 Å². The van der Waals surface area contributed by atoms with E-state index in [0.717, 1.165) is 32.1 Å². The molecule has 2 amide bonds. The van der Waals surface area contributed by atoms with Crippen LogP contribution in [0.5, 0.6) is 0 Å². The summed E-state index contributed by atoms with van der Waals surface area (Å²) in [6.45, 7) is 6.10. The maximum atomic E-state index is 11.8. The molecule has 0 unspecified atom stereocenters. The second-order valence-corrected chi connectivity index (χ2v) is 7.04. The number of carbonyl (C=O) groups excluding carboxylic acids is 2. The fraction of sp³-hybridized carbons (Fsp3) is 0.579. The monoisotopic (exact) mass is 360 g/mol. The van der Waals surface area contributed by atoms with E-state index in [1.807, 2.05) is 26.8 Å². The predicted octanol–water partition coefficient (Wildman–Crippen LogP) is 3.76. The summed E-state index contributed by atoms with van der Waals surface area (Å²) < 4.78 is 5.16. The van der Waals surface area contributed by atoms with E-state index in [-0.39, 0.29) is 12.0 Å². The van der Waals surface area contributed by atoms with Gasteiger partial charge >= 0.3 is 6.09 Å². The zero-order valence-corrected chi connectivity index (χ0v) is 15.8. The number of anilines is 1. The number of hydrogen-bond acceptors (Lipinski definition) is 5. The molecule has 0 radical (unpaired) electrons. The van der Waals surface area contributed by atoms with Crippen LogP contribution in [0.15, 0.2) is 18.3 Å². The van der Waals surface area contributed by atoms with Gasteiger partial charge in [0, 0.05) is 13.0 Å². The van der Waals surface area contributed by atoms with Crippen LogP contribution in [0, 0.1) is 11.3 Å². The molecule has 0 saturated heterocycles. The van der Waals surface area contributed by atoms with Gasteiger partial charge in [-0.3, -0.25) is 4.79 Å². The Bertz CT molecular complexity index is 615. The molecule has 0 bridgehead atoms. The lowest BCUT2D eigenvalue weighted by molar-refractivity contribution is -0.116. The molecule has 0 aromatic carbocycles. The average molecular weight is 360 g/mol. The summed E-state index contributed by atoms with van der Waals surface area (Å²) in [5.74, 6) is -0.0527. The highest BCUT2D eigenvalue weighted by molar-refractivity contribution is 5.90. The number of nitriles is 1. The summed E-state index contributed by atoms with van der Waals surface area (Å²) in [5, 5.41) is 14.2. The third-order valence-corrected chi connectivity index (χ3v) is 3.41. The molecule has 0 aliphatic rings. The first kappa shape index (κ1) is 21.4. The zero-order valence-electron chi connectivity index (χ0n) is 15.8. The van der Waals surface area contributed by atoms with E-state index in [1.54, 1.807) is 12.1 Å². The number of ether oxygens (including phenoxy) is 1. The number of aromatic nitrogens is 1. The summed E-state index contributed by atoms with van der Waals surface area (Å²) >= 11 is 0. The molecular weight excluding hydrogens is 332 g/mol. The van der Waals surface area contributed by atoms with Crippen LogP contribution >= 0.6 is 0 Å². The maximum Gasteiger partial charge on any atom is 0.407 e. The fourth-order valence-electron chi connectivity index (χ4n) is 2.20. The van der Waals surface area contributed by atoms with Crippen molar-refractivity contribution in [3.05, 3.63) is 24.0 Å². The molecule has 1 rings (SSSR count). The van der Waals surface area contributed by atoms with Crippen molar-refractivity contribution in [2.45, 2.75) is 64.9 Å². The van der Waals surface area contributed by atoms with Crippen molar-refractivity contribution in [3.63, 3.8) is 0 Å². The standard InChI is InChI=1S/C19H28N4O3/c1-19(2,3)26-18(25)21-12-8-6-4-5-7-9-17(24)23-16-11-10-15(13-20)22-14-16/h10-11,14H,4-9,12H2,1-3H3,(H,21,25)(H,23,24). The number of unbranched alkanes of at least 4 members (excludes halogenated alkanes) is 4. The topological polar surface area (TPSA) is 104 Å². The first-order chi connectivity index (χ1) is 12.3. The Labute approximate surface area is 155 Å². The Morgan fingerprint density at radius 1 is 1.15 bits per heavy atom. The van der Waals surface area contributed by atoms with Crippen molar-refractivity contribution >= 4 is 17.7 Å². The van der Waals surface area contributed by atoms with Crippen LogP contribution in [0.25, 0.3) is 0 Å². The molecule has 1 heterocycles. The molecule has 7 nitrogen and oxygen atoms in total. The van der Waals surface area contributed by atoms with Gasteiger partial charge in [0.25, 0.3) is 0 Å². The van der Waals surface area contributed by atoms with E-state index < -0.39 is 5.60 Å². The Morgan fingerprint density at radius 3 is 2.46 bits per heavy atom. The van der Waals surface area contributed by atoms with E-state index in [4.69, 9.17) is 10.00 Å². The lowest BCUT2D eigenvalue weighted by Gasteiger charge is -2.19. The summed E-state index contributed by atoms with van der Waals surface area (Å²) in [6, 6.07) is 5.17. The minimum atomic E-state index is -0.474. The molecule has 1 aromatic heterocycles. The van der Waals surface area contributed by atoms with Crippen LogP contribution in [0.4, 0.5) is 10.5 Å². The van der Waals surface area contributed by atoms with Crippen LogP contribution in [0.2, 0.25) is 0 Å². The molecule has 0 fully saturated rings. The predicted molar refractivity (Wildman–Crippen MR) is 99.5 cm³/mol. The van der Waals surface area contributed by atoms with Crippen molar-refractivity contribution in [1.82, 2.24) is 10.3 Å². The molecule has 0 spiro atoms. The van der Waals surface area contributed by atoms with Crippen molar-refractivity contribution in [2.75, 3.05) is 11.9 Å². The van der Waals surface area contributed by atoms with Gasteiger partial charge in [0.1, 0.15) is 17.4 Å². The van der Waals surface area contributed by atoms with Crippen LogP contribution in [-0.2, 0) is 9.53 Å². The van der Waals surface area contributed by atoms with Gasteiger partial charge in [-0.1, -0.05) is 19.3 Å². The van der Waals surface area contributed by atoms with E-state index in [0.29, 0.717) is 24.3 Å². The third kappa shape index (κ3) is 10.3. The molecule has 0 aliphatic carbocycles. The summed E-state index contributed by atoms with van der Waals surface area (Å²) in [6.07, 6.45) is 6.23. The van der Waals surface area contributed by atoms with Gasteiger partial charge in [0.05, 0.1) is 11.9 Å². The normalized spacial score (nSPS) is 10.7. The van der Waals surface area contributed by atoms with E-state index >= 15 is 0 Å². The molecule has 1 aromatic rings.